The highest BCUT2D eigenvalue weighted by atomic mass is 127. The monoisotopic (exact) mass is 411 g/mol. The number of nitrogens with zero attached hydrogens (tertiary/aromatic N) is 1. The minimum absolute atomic E-state index is 0.260. The van der Waals surface area contributed by atoms with E-state index in [0.29, 0.717) is 19.0 Å². The van der Waals surface area contributed by atoms with Crippen LogP contribution in [-0.2, 0) is 9.47 Å². The van der Waals surface area contributed by atoms with Crippen LogP contribution >= 0.6 is 22.6 Å². The van der Waals surface area contributed by atoms with Gasteiger partial charge in [-0.05, 0) is 60.3 Å². The molecular weight excluding hydrogens is 381 g/mol. The van der Waals surface area contributed by atoms with Gasteiger partial charge in [0.1, 0.15) is 5.60 Å². The van der Waals surface area contributed by atoms with E-state index < -0.39 is 5.60 Å². The van der Waals surface area contributed by atoms with Gasteiger partial charge >= 0.3 is 6.09 Å². The van der Waals surface area contributed by atoms with Gasteiger partial charge in [-0.25, -0.2) is 4.79 Å². The van der Waals surface area contributed by atoms with Crippen LogP contribution in [0.25, 0.3) is 0 Å². The molecule has 1 aliphatic rings. The third-order valence-corrected chi connectivity index (χ3v) is 5.21. The van der Waals surface area contributed by atoms with Crippen molar-refractivity contribution in [2.75, 3.05) is 17.5 Å². The zero-order valence-corrected chi connectivity index (χ0v) is 16.4. The summed E-state index contributed by atoms with van der Waals surface area (Å²) in [6, 6.07) is 0. The van der Waals surface area contributed by atoms with E-state index in [0.717, 1.165) is 4.43 Å². The first kappa shape index (κ1) is 19.0. The fourth-order valence-electron chi connectivity index (χ4n) is 2.26. The first-order valence-electron chi connectivity index (χ1n) is 7.82. The Balaban J connectivity index is 2.64. The van der Waals surface area contributed by atoms with Crippen molar-refractivity contribution in [3.8, 4) is 0 Å². The Morgan fingerprint density at radius 2 is 1.90 bits per heavy atom. The summed E-state index contributed by atoms with van der Waals surface area (Å²) in [5.41, 5.74) is -0.789. The van der Waals surface area contributed by atoms with Gasteiger partial charge in [0.05, 0.1) is 18.2 Å². The molecule has 0 N–H and O–H groups in total. The Bertz CT molecular complexity index is 352. The minimum Gasteiger partial charge on any atom is -0.444 e. The maximum Gasteiger partial charge on any atom is 0.410 e. The molecule has 0 aromatic carbocycles. The van der Waals surface area contributed by atoms with Gasteiger partial charge in [0.25, 0.3) is 0 Å². The molecule has 5 heteroatoms. The second kappa shape index (κ2) is 7.49. The number of alkyl halides is 1. The number of likely N-dealkylation sites (N-methyl/N-ethyl adjacent to an activating group) is 1. The average Bonchev–Trinajstić information content (AvgIpc) is 3.17. The Labute approximate surface area is 143 Å². The lowest BCUT2D eigenvalue weighted by molar-refractivity contribution is -0.0833. The number of carbonyl (C=O) groups excluding carboxylic acids is 1. The van der Waals surface area contributed by atoms with Crippen LogP contribution in [0.4, 0.5) is 4.79 Å². The van der Waals surface area contributed by atoms with Gasteiger partial charge in [-0.15, -0.1) is 0 Å². The van der Waals surface area contributed by atoms with E-state index in [1.54, 1.807) is 4.90 Å². The van der Waals surface area contributed by atoms with Gasteiger partial charge in [0, 0.05) is 11.0 Å². The van der Waals surface area contributed by atoms with Crippen molar-refractivity contribution in [2.45, 2.75) is 71.7 Å². The van der Waals surface area contributed by atoms with Gasteiger partial charge in [0.15, 0.2) is 0 Å². The number of halogens is 1. The van der Waals surface area contributed by atoms with Crippen LogP contribution < -0.4 is 0 Å². The zero-order chi connectivity index (χ0) is 16.3. The molecule has 1 aliphatic carbocycles. The van der Waals surface area contributed by atoms with E-state index in [9.17, 15) is 4.79 Å². The molecule has 0 heterocycles. The van der Waals surface area contributed by atoms with Gasteiger partial charge in [-0.2, -0.15) is 0 Å². The summed E-state index contributed by atoms with van der Waals surface area (Å²) in [4.78, 5) is 14.0. The summed E-state index contributed by atoms with van der Waals surface area (Å²) in [5.74, 6) is 0.698. The van der Waals surface area contributed by atoms with Crippen LogP contribution in [-0.4, -0.2) is 45.8 Å². The molecule has 1 saturated carbocycles. The topological polar surface area (TPSA) is 38.8 Å². The number of hydrogen-bond donors (Lipinski definition) is 0. The molecule has 1 fully saturated rings. The first-order chi connectivity index (χ1) is 9.60. The summed E-state index contributed by atoms with van der Waals surface area (Å²) in [6.07, 6.45) is 2.54. The quantitative estimate of drug-likeness (QED) is 0.465. The molecule has 124 valence electrons. The number of hydrogen-bond acceptors (Lipinski definition) is 3. The van der Waals surface area contributed by atoms with Crippen LogP contribution in [0, 0.1) is 5.92 Å². The van der Waals surface area contributed by atoms with E-state index in [2.05, 4.69) is 36.4 Å². The van der Waals surface area contributed by atoms with E-state index in [4.69, 9.17) is 9.47 Å². The van der Waals surface area contributed by atoms with Crippen molar-refractivity contribution in [2.24, 2.45) is 5.92 Å². The van der Waals surface area contributed by atoms with Crippen molar-refractivity contribution >= 4 is 28.7 Å². The van der Waals surface area contributed by atoms with Crippen molar-refractivity contribution in [3.05, 3.63) is 0 Å². The lowest BCUT2D eigenvalue weighted by Gasteiger charge is -2.36. The van der Waals surface area contributed by atoms with Crippen LogP contribution in [0.15, 0.2) is 0 Å². The summed E-state index contributed by atoms with van der Waals surface area (Å²) < 4.78 is 12.6. The van der Waals surface area contributed by atoms with E-state index in [-0.39, 0.29) is 17.8 Å². The lowest BCUT2D eigenvalue weighted by Crippen LogP contribution is -2.49. The Hall–Kier alpha value is -0.0400. The van der Waals surface area contributed by atoms with Gasteiger partial charge in [-0.3, -0.25) is 0 Å². The average molecular weight is 411 g/mol. The summed E-state index contributed by atoms with van der Waals surface area (Å²) in [6.45, 7) is 13.1. The molecule has 1 amide bonds. The SMILES string of the molecule is CCN(CC(C)(CI)OC(C)C1CC1)C(=O)OC(C)(C)C. The first-order valence-corrected chi connectivity index (χ1v) is 9.34. The number of rotatable bonds is 7. The Morgan fingerprint density at radius 3 is 2.29 bits per heavy atom. The van der Waals surface area contributed by atoms with Crippen LogP contribution in [0.5, 0.6) is 0 Å². The predicted octanol–water partition coefficient (Wildman–Crippen LogP) is 4.25. The van der Waals surface area contributed by atoms with Crippen LogP contribution in [0.1, 0.15) is 54.4 Å². The van der Waals surface area contributed by atoms with Gasteiger partial charge < -0.3 is 14.4 Å². The fourth-order valence-corrected chi connectivity index (χ4v) is 2.68. The minimum atomic E-state index is -0.465. The molecule has 4 nitrogen and oxygen atoms in total. The molecule has 0 aliphatic heterocycles. The molecule has 0 saturated heterocycles. The third-order valence-electron chi connectivity index (χ3n) is 3.60. The van der Waals surface area contributed by atoms with Crippen molar-refractivity contribution in [3.63, 3.8) is 0 Å². The molecular formula is C16H30INO3. The standard InChI is InChI=1S/C16H30INO3/c1-7-18(14(19)21-15(3,4)5)11-16(6,10-17)20-12(2)13-8-9-13/h12-13H,7-11H2,1-6H3. The molecule has 2 atom stereocenters. The van der Waals surface area contributed by atoms with Crippen molar-refractivity contribution < 1.29 is 14.3 Å². The second-order valence-corrected chi connectivity index (χ2v) is 8.00. The highest BCUT2D eigenvalue weighted by Gasteiger charge is 2.37. The highest BCUT2D eigenvalue weighted by Crippen LogP contribution is 2.36. The molecule has 21 heavy (non-hydrogen) atoms. The Kier molecular flexibility index (Phi) is 6.78. The molecule has 0 aromatic rings. The van der Waals surface area contributed by atoms with Crippen molar-refractivity contribution in [1.82, 2.24) is 4.90 Å². The van der Waals surface area contributed by atoms with E-state index in [1.807, 2.05) is 27.7 Å². The normalized spacial score (nSPS) is 19.8. The van der Waals surface area contributed by atoms with E-state index in [1.165, 1.54) is 12.8 Å². The number of ether oxygens (including phenoxy) is 2. The lowest BCUT2D eigenvalue weighted by atomic mass is 10.1. The highest BCUT2D eigenvalue weighted by molar-refractivity contribution is 14.1. The predicted molar refractivity (Wildman–Crippen MR) is 94.0 cm³/mol. The molecule has 0 bridgehead atoms. The van der Waals surface area contributed by atoms with E-state index >= 15 is 0 Å². The molecule has 0 radical (unpaired) electrons. The fraction of sp³-hybridized carbons (Fsp3) is 0.938. The number of carbonyl (C=O) groups is 1. The zero-order valence-electron chi connectivity index (χ0n) is 14.2. The largest absolute Gasteiger partial charge is 0.444 e. The summed E-state index contributed by atoms with van der Waals surface area (Å²) in [5, 5.41) is 0. The molecule has 0 spiro atoms. The smallest absolute Gasteiger partial charge is 0.410 e. The maximum atomic E-state index is 12.3. The summed E-state index contributed by atoms with van der Waals surface area (Å²) in [7, 11) is 0. The van der Waals surface area contributed by atoms with Gasteiger partial charge in [0.2, 0.25) is 0 Å². The summed E-state index contributed by atoms with van der Waals surface area (Å²) >= 11 is 2.34. The Morgan fingerprint density at radius 1 is 1.33 bits per heavy atom. The molecule has 0 aromatic heterocycles. The van der Waals surface area contributed by atoms with Crippen LogP contribution in [0.2, 0.25) is 0 Å². The second-order valence-electron chi connectivity index (χ2n) is 7.24. The molecule has 2 unspecified atom stereocenters. The van der Waals surface area contributed by atoms with Crippen molar-refractivity contribution in [1.29, 1.82) is 0 Å². The molecule has 1 rings (SSSR count). The number of amides is 1. The maximum absolute atomic E-state index is 12.3. The van der Waals surface area contributed by atoms with Gasteiger partial charge in [-0.1, -0.05) is 22.6 Å². The van der Waals surface area contributed by atoms with Crippen LogP contribution in [0.3, 0.4) is 0 Å². The third kappa shape index (κ3) is 6.72.